The van der Waals surface area contributed by atoms with Crippen molar-refractivity contribution in [3.63, 3.8) is 0 Å². The lowest BCUT2D eigenvalue weighted by Crippen LogP contribution is -2.42. The minimum atomic E-state index is -0.339. The molecule has 184 valence electrons. The SMILES string of the molecule is CCOC(=O)c1cccc(NC(=S)NC2CCC(Nc3nc(N(C)C)c4ccccc4n3)CC2)c1. The first kappa shape index (κ1) is 24.7. The molecule has 9 heteroatoms. The van der Waals surface area contributed by atoms with E-state index in [-0.39, 0.29) is 12.0 Å². The highest BCUT2D eigenvalue weighted by molar-refractivity contribution is 7.80. The van der Waals surface area contributed by atoms with Gasteiger partial charge in [-0.25, -0.2) is 9.78 Å². The van der Waals surface area contributed by atoms with Crippen LogP contribution in [0.5, 0.6) is 0 Å². The van der Waals surface area contributed by atoms with Crippen molar-refractivity contribution in [2.75, 3.05) is 36.2 Å². The number of benzene rings is 2. The van der Waals surface area contributed by atoms with E-state index in [0.717, 1.165) is 48.1 Å². The predicted molar refractivity (Wildman–Crippen MR) is 145 cm³/mol. The Morgan fingerprint density at radius 3 is 2.54 bits per heavy atom. The summed E-state index contributed by atoms with van der Waals surface area (Å²) in [6.07, 6.45) is 3.95. The molecule has 1 fully saturated rings. The highest BCUT2D eigenvalue weighted by Gasteiger charge is 2.23. The molecular formula is C26H32N6O2S. The molecule has 1 aliphatic carbocycles. The number of fused-ring (bicyclic) bond motifs is 1. The molecule has 4 rings (SSSR count). The zero-order chi connectivity index (χ0) is 24.8. The van der Waals surface area contributed by atoms with Crippen LogP contribution in [0.25, 0.3) is 10.9 Å². The number of carbonyl (C=O) groups is 1. The number of anilines is 3. The molecule has 1 aromatic heterocycles. The molecule has 1 aliphatic rings. The zero-order valence-electron chi connectivity index (χ0n) is 20.4. The van der Waals surface area contributed by atoms with E-state index in [2.05, 4.69) is 22.0 Å². The molecule has 35 heavy (non-hydrogen) atoms. The van der Waals surface area contributed by atoms with Gasteiger partial charge in [-0.05, 0) is 75.2 Å². The van der Waals surface area contributed by atoms with Gasteiger partial charge in [0, 0.05) is 37.3 Å². The molecule has 1 heterocycles. The standard InChI is InChI=1S/C26H32N6O2S/c1-4-34-24(33)17-8-7-9-20(16-17)29-26(35)28-19-14-12-18(13-15-19)27-25-30-22-11-6-5-10-21(22)23(31-25)32(2)3/h5-11,16,18-19H,4,12-15H2,1-3H3,(H,27,30,31)(H2,28,29,35). The van der Waals surface area contributed by atoms with Gasteiger partial charge in [-0.2, -0.15) is 4.98 Å². The van der Waals surface area contributed by atoms with Gasteiger partial charge >= 0.3 is 5.97 Å². The van der Waals surface area contributed by atoms with Gasteiger partial charge < -0.3 is 25.6 Å². The topological polar surface area (TPSA) is 91.4 Å². The van der Waals surface area contributed by atoms with Crippen LogP contribution >= 0.6 is 12.2 Å². The summed E-state index contributed by atoms with van der Waals surface area (Å²) in [5, 5.41) is 11.7. The monoisotopic (exact) mass is 492 g/mol. The van der Waals surface area contributed by atoms with Gasteiger partial charge in [0.1, 0.15) is 5.82 Å². The highest BCUT2D eigenvalue weighted by atomic mass is 32.1. The summed E-state index contributed by atoms with van der Waals surface area (Å²) in [4.78, 5) is 23.5. The van der Waals surface area contributed by atoms with Gasteiger partial charge in [0.15, 0.2) is 5.11 Å². The number of ether oxygens (including phenoxy) is 1. The summed E-state index contributed by atoms with van der Waals surface area (Å²) in [5.41, 5.74) is 2.20. The maximum absolute atomic E-state index is 12.0. The van der Waals surface area contributed by atoms with Crippen LogP contribution in [0.3, 0.4) is 0 Å². The molecule has 0 saturated heterocycles. The lowest BCUT2D eigenvalue weighted by molar-refractivity contribution is 0.0526. The highest BCUT2D eigenvalue weighted by Crippen LogP contribution is 2.26. The lowest BCUT2D eigenvalue weighted by atomic mass is 9.91. The number of hydrogen-bond donors (Lipinski definition) is 3. The molecule has 8 nitrogen and oxygen atoms in total. The number of hydrogen-bond acceptors (Lipinski definition) is 7. The Morgan fingerprint density at radius 1 is 1.06 bits per heavy atom. The molecule has 0 amide bonds. The minimum Gasteiger partial charge on any atom is -0.462 e. The summed E-state index contributed by atoms with van der Waals surface area (Å²) in [6.45, 7) is 2.14. The van der Waals surface area contributed by atoms with Crippen molar-refractivity contribution in [3.8, 4) is 0 Å². The Kier molecular flexibility index (Phi) is 7.97. The van der Waals surface area contributed by atoms with E-state index in [1.807, 2.05) is 49.3 Å². The van der Waals surface area contributed by atoms with Gasteiger partial charge in [-0.15, -0.1) is 0 Å². The first-order chi connectivity index (χ1) is 16.9. The Bertz CT molecular complexity index is 1190. The second-order valence-corrected chi connectivity index (χ2v) is 9.28. The van der Waals surface area contributed by atoms with E-state index in [0.29, 0.717) is 29.3 Å². The molecule has 0 spiro atoms. The third kappa shape index (κ3) is 6.36. The number of nitrogens with one attached hydrogen (secondary N) is 3. The minimum absolute atomic E-state index is 0.288. The Balaban J connectivity index is 1.30. The lowest BCUT2D eigenvalue weighted by Gasteiger charge is -2.30. The van der Waals surface area contributed by atoms with Crippen molar-refractivity contribution in [1.29, 1.82) is 0 Å². The summed E-state index contributed by atoms with van der Waals surface area (Å²) in [5.74, 6) is 1.24. The maximum atomic E-state index is 12.0. The predicted octanol–water partition coefficient (Wildman–Crippen LogP) is 4.58. The molecule has 0 bridgehead atoms. The summed E-state index contributed by atoms with van der Waals surface area (Å²) >= 11 is 5.52. The number of aromatic nitrogens is 2. The van der Waals surface area contributed by atoms with Crippen LogP contribution in [0.15, 0.2) is 48.5 Å². The van der Waals surface area contributed by atoms with Gasteiger partial charge in [-0.1, -0.05) is 18.2 Å². The summed E-state index contributed by atoms with van der Waals surface area (Å²) in [6, 6.07) is 15.8. The molecule has 0 aliphatic heterocycles. The van der Waals surface area contributed by atoms with Gasteiger partial charge in [0.25, 0.3) is 0 Å². The van der Waals surface area contributed by atoms with Crippen LogP contribution in [-0.4, -0.2) is 53.8 Å². The molecule has 0 atom stereocenters. The molecule has 1 saturated carbocycles. The zero-order valence-corrected chi connectivity index (χ0v) is 21.2. The van der Waals surface area contributed by atoms with Crippen LogP contribution in [0.4, 0.5) is 17.5 Å². The smallest absolute Gasteiger partial charge is 0.338 e. The quantitative estimate of drug-likeness (QED) is 0.324. The Morgan fingerprint density at radius 2 is 1.80 bits per heavy atom. The molecule has 0 unspecified atom stereocenters. The van der Waals surface area contributed by atoms with E-state index >= 15 is 0 Å². The molecule has 3 N–H and O–H groups in total. The second-order valence-electron chi connectivity index (χ2n) is 8.88. The molecule has 3 aromatic rings. The van der Waals surface area contributed by atoms with Crippen molar-refractivity contribution in [2.45, 2.75) is 44.7 Å². The fourth-order valence-corrected chi connectivity index (χ4v) is 4.61. The van der Waals surface area contributed by atoms with Crippen LogP contribution in [0.2, 0.25) is 0 Å². The largest absolute Gasteiger partial charge is 0.462 e. The van der Waals surface area contributed by atoms with Crippen molar-refractivity contribution >= 4 is 51.7 Å². The molecule has 2 aromatic carbocycles. The number of carbonyl (C=O) groups excluding carboxylic acids is 1. The van der Waals surface area contributed by atoms with E-state index < -0.39 is 0 Å². The number of para-hydroxylation sites is 1. The van der Waals surface area contributed by atoms with Crippen LogP contribution in [0, 0.1) is 0 Å². The maximum Gasteiger partial charge on any atom is 0.338 e. The number of esters is 1. The van der Waals surface area contributed by atoms with E-state index in [4.69, 9.17) is 26.9 Å². The van der Waals surface area contributed by atoms with Gasteiger partial charge in [0.05, 0.1) is 17.7 Å². The van der Waals surface area contributed by atoms with Crippen molar-refractivity contribution < 1.29 is 9.53 Å². The van der Waals surface area contributed by atoms with Crippen LogP contribution < -0.4 is 20.9 Å². The average molecular weight is 493 g/mol. The van der Waals surface area contributed by atoms with Crippen LogP contribution in [0.1, 0.15) is 43.0 Å². The van der Waals surface area contributed by atoms with Crippen molar-refractivity contribution in [2.24, 2.45) is 0 Å². The van der Waals surface area contributed by atoms with E-state index in [1.165, 1.54) is 0 Å². The Labute approximate surface area is 211 Å². The first-order valence-electron chi connectivity index (χ1n) is 12.0. The second kappa shape index (κ2) is 11.3. The summed E-state index contributed by atoms with van der Waals surface area (Å²) in [7, 11) is 4.00. The molecular weight excluding hydrogens is 460 g/mol. The summed E-state index contributed by atoms with van der Waals surface area (Å²) < 4.78 is 5.07. The van der Waals surface area contributed by atoms with E-state index in [1.54, 1.807) is 19.1 Å². The normalized spacial score (nSPS) is 17.5. The fraction of sp³-hybridized carbons (Fsp3) is 0.385. The molecule has 0 radical (unpaired) electrons. The number of rotatable bonds is 7. The average Bonchev–Trinajstić information content (AvgIpc) is 2.85. The van der Waals surface area contributed by atoms with Crippen LogP contribution in [-0.2, 0) is 4.74 Å². The van der Waals surface area contributed by atoms with Gasteiger partial charge in [-0.3, -0.25) is 0 Å². The number of nitrogens with zero attached hydrogens (tertiary/aromatic N) is 3. The third-order valence-electron chi connectivity index (χ3n) is 6.03. The van der Waals surface area contributed by atoms with Gasteiger partial charge in [0.2, 0.25) is 5.95 Å². The first-order valence-corrected chi connectivity index (χ1v) is 12.4. The Hall–Kier alpha value is -3.46. The van der Waals surface area contributed by atoms with E-state index in [9.17, 15) is 4.79 Å². The number of thiocarbonyl (C=S) groups is 1. The van der Waals surface area contributed by atoms with Crippen molar-refractivity contribution in [3.05, 3.63) is 54.1 Å². The van der Waals surface area contributed by atoms with Crippen molar-refractivity contribution in [1.82, 2.24) is 15.3 Å². The third-order valence-corrected chi connectivity index (χ3v) is 6.25. The fourth-order valence-electron chi connectivity index (χ4n) is 4.32.